The van der Waals surface area contributed by atoms with Crippen molar-refractivity contribution >= 4 is 23.7 Å². The van der Waals surface area contributed by atoms with Crippen molar-refractivity contribution < 1.29 is 28.7 Å². The summed E-state index contributed by atoms with van der Waals surface area (Å²) in [5.41, 5.74) is 1.90. The van der Waals surface area contributed by atoms with Gasteiger partial charge >= 0.3 is 5.97 Å². The molecule has 3 atom stereocenters. The molecule has 3 amide bonds. The predicted octanol–water partition coefficient (Wildman–Crippen LogP) is 2.56. The van der Waals surface area contributed by atoms with E-state index >= 15 is 0 Å². The summed E-state index contributed by atoms with van der Waals surface area (Å²) in [5.74, 6) is -0.775. The Hall–Kier alpha value is -3.88. The first-order valence-electron chi connectivity index (χ1n) is 13.7. The number of hydrogen-bond donors (Lipinski definition) is 2. The zero-order valence-electron chi connectivity index (χ0n) is 22.4. The molecule has 1 unspecified atom stereocenters. The van der Waals surface area contributed by atoms with Crippen LogP contribution in [0.3, 0.4) is 0 Å². The molecule has 0 saturated carbocycles. The van der Waals surface area contributed by atoms with Crippen LogP contribution in [0.2, 0.25) is 0 Å². The standard InChI is InChI=1S/C30H37N3O6/c1-38-30(37)25-13-5-6-18-39-23-12-7-11-22(19-23)20-26(33-17-8-14-27(33)34)29(36)31-24(28(35)32-25)16-15-21-9-3-2-4-10-21/h2-4,7,9-12,19,24-26H,5-6,8,13-18,20H2,1H3,(H,31,36)(H,32,35)/t24-,25?,26-/m0/s1. The maximum atomic E-state index is 13.8. The van der Waals surface area contributed by atoms with Crippen LogP contribution in [-0.2, 0) is 36.8 Å². The van der Waals surface area contributed by atoms with Gasteiger partial charge in [-0.1, -0.05) is 42.5 Å². The van der Waals surface area contributed by atoms with Crippen molar-refractivity contribution in [1.82, 2.24) is 15.5 Å². The van der Waals surface area contributed by atoms with Gasteiger partial charge in [0.1, 0.15) is 23.9 Å². The fourth-order valence-corrected chi connectivity index (χ4v) is 5.12. The summed E-state index contributed by atoms with van der Waals surface area (Å²) in [4.78, 5) is 54.1. The van der Waals surface area contributed by atoms with Crippen LogP contribution in [0.25, 0.3) is 0 Å². The average Bonchev–Trinajstić information content (AvgIpc) is 3.38. The molecule has 0 spiro atoms. The van der Waals surface area contributed by atoms with Gasteiger partial charge in [0.05, 0.1) is 13.7 Å². The summed E-state index contributed by atoms with van der Waals surface area (Å²) in [6.07, 6.45) is 3.97. The molecule has 2 heterocycles. The minimum atomic E-state index is -0.896. The summed E-state index contributed by atoms with van der Waals surface area (Å²) in [6, 6.07) is 14.7. The van der Waals surface area contributed by atoms with Crippen molar-refractivity contribution in [1.29, 1.82) is 0 Å². The molecular weight excluding hydrogens is 498 g/mol. The van der Waals surface area contributed by atoms with Crippen LogP contribution in [0, 0.1) is 0 Å². The third kappa shape index (κ3) is 7.81. The van der Waals surface area contributed by atoms with Crippen molar-refractivity contribution in [3.63, 3.8) is 0 Å². The fraction of sp³-hybridized carbons (Fsp3) is 0.467. The lowest BCUT2D eigenvalue weighted by Gasteiger charge is -2.30. The van der Waals surface area contributed by atoms with Gasteiger partial charge < -0.3 is 25.0 Å². The van der Waals surface area contributed by atoms with E-state index in [0.29, 0.717) is 70.3 Å². The molecule has 39 heavy (non-hydrogen) atoms. The van der Waals surface area contributed by atoms with Crippen molar-refractivity contribution in [3.8, 4) is 5.75 Å². The van der Waals surface area contributed by atoms with Gasteiger partial charge in [-0.25, -0.2) is 4.79 Å². The number of hydrogen-bond acceptors (Lipinski definition) is 6. The second-order valence-corrected chi connectivity index (χ2v) is 10.1. The van der Waals surface area contributed by atoms with Gasteiger partial charge in [-0.2, -0.15) is 0 Å². The molecule has 2 aromatic rings. The van der Waals surface area contributed by atoms with Crippen molar-refractivity contribution in [2.45, 2.75) is 69.5 Å². The highest BCUT2D eigenvalue weighted by Gasteiger charge is 2.35. The first-order valence-corrected chi connectivity index (χ1v) is 13.7. The van der Waals surface area contributed by atoms with Crippen molar-refractivity contribution in [2.75, 3.05) is 20.3 Å². The number of aryl methyl sites for hydroxylation is 1. The van der Waals surface area contributed by atoms with Gasteiger partial charge in [0.15, 0.2) is 0 Å². The number of likely N-dealkylation sites (tertiary alicyclic amines) is 1. The van der Waals surface area contributed by atoms with Crippen molar-refractivity contribution in [2.24, 2.45) is 0 Å². The molecule has 2 aliphatic heterocycles. The van der Waals surface area contributed by atoms with Gasteiger partial charge in [0.2, 0.25) is 17.7 Å². The van der Waals surface area contributed by atoms with Gasteiger partial charge in [-0.3, -0.25) is 14.4 Å². The normalized spacial score (nSPS) is 22.9. The largest absolute Gasteiger partial charge is 0.494 e. The second-order valence-electron chi connectivity index (χ2n) is 10.1. The Bertz CT molecular complexity index is 1150. The second kappa shape index (κ2) is 13.8. The van der Waals surface area contributed by atoms with Crippen LogP contribution in [0.15, 0.2) is 54.6 Å². The molecule has 9 heteroatoms. The molecule has 4 rings (SSSR count). The predicted molar refractivity (Wildman–Crippen MR) is 145 cm³/mol. The third-order valence-corrected chi connectivity index (χ3v) is 7.27. The van der Waals surface area contributed by atoms with Crippen LogP contribution >= 0.6 is 0 Å². The summed E-state index contributed by atoms with van der Waals surface area (Å²) in [5, 5.41) is 5.73. The van der Waals surface area contributed by atoms with E-state index in [9.17, 15) is 19.2 Å². The number of carbonyl (C=O) groups is 4. The number of methoxy groups -OCH3 is 1. The Morgan fingerprint density at radius 3 is 2.56 bits per heavy atom. The maximum absolute atomic E-state index is 13.8. The minimum absolute atomic E-state index is 0.0759. The number of fused-ring (bicyclic) bond motifs is 2. The van der Waals surface area contributed by atoms with Crippen LogP contribution in [-0.4, -0.2) is 67.0 Å². The Morgan fingerprint density at radius 1 is 1.00 bits per heavy atom. The van der Waals surface area contributed by atoms with E-state index in [2.05, 4.69) is 10.6 Å². The van der Waals surface area contributed by atoms with Gasteiger partial charge in [0, 0.05) is 19.4 Å². The molecule has 9 nitrogen and oxygen atoms in total. The number of nitrogens with zero attached hydrogens (tertiary/aromatic N) is 1. The van der Waals surface area contributed by atoms with Crippen molar-refractivity contribution in [3.05, 3.63) is 65.7 Å². The molecule has 2 aliphatic rings. The van der Waals surface area contributed by atoms with Gasteiger partial charge in [-0.05, 0) is 61.8 Å². The lowest BCUT2D eigenvalue weighted by atomic mass is 10.0. The number of ether oxygens (including phenoxy) is 2. The summed E-state index contributed by atoms with van der Waals surface area (Å²) >= 11 is 0. The van der Waals surface area contributed by atoms with E-state index in [-0.39, 0.29) is 5.91 Å². The molecule has 1 saturated heterocycles. The van der Waals surface area contributed by atoms with E-state index in [4.69, 9.17) is 9.47 Å². The quantitative estimate of drug-likeness (QED) is 0.569. The maximum Gasteiger partial charge on any atom is 0.328 e. The van der Waals surface area contributed by atoms with Crippen LogP contribution in [0.4, 0.5) is 0 Å². The van der Waals surface area contributed by atoms with Gasteiger partial charge in [-0.15, -0.1) is 0 Å². The Morgan fingerprint density at radius 2 is 1.82 bits per heavy atom. The van der Waals surface area contributed by atoms with E-state index < -0.39 is 35.9 Å². The lowest BCUT2D eigenvalue weighted by molar-refractivity contribution is -0.146. The van der Waals surface area contributed by atoms with E-state index in [1.165, 1.54) is 7.11 Å². The number of nitrogens with one attached hydrogen (secondary N) is 2. The summed E-state index contributed by atoms with van der Waals surface area (Å²) < 4.78 is 10.8. The third-order valence-electron chi connectivity index (χ3n) is 7.27. The number of rotatable bonds is 5. The number of esters is 1. The zero-order valence-corrected chi connectivity index (χ0v) is 22.4. The molecule has 0 aliphatic carbocycles. The monoisotopic (exact) mass is 535 g/mol. The first-order chi connectivity index (χ1) is 18.9. The van der Waals surface area contributed by atoms with E-state index in [1.807, 2.05) is 54.6 Å². The van der Waals surface area contributed by atoms with Crippen LogP contribution in [0.5, 0.6) is 5.75 Å². The van der Waals surface area contributed by atoms with Crippen LogP contribution < -0.4 is 15.4 Å². The van der Waals surface area contributed by atoms with Crippen LogP contribution in [0.1, 0.15) is 49.7 Å². The topological polar surface area (TPSA) is 114 Å². The molecule has 0 radical (unpaired) electrons. The fourth-order valence-electron chi connectivity index (χ4n) is 5.12. The highest BCUT2D eigenvalue weighted by molar-refractivity contribution is 5.94. The van der Waals surface area contributed by atoms with E-state index in [1.54, 1.807) is 4.90 Å². The summed E-state index contributed by atoms with van der Waals surface area (Å²) in [6.45, 7) is 0.928. The first kappa shape index (κ1) is 28.1. The smallest absolute Gasteiger partial charge is 0.328 e. The number of amides is 3. The molecule has 2 bridgehead atoms. The highest BCUT2D eigenvalue weighted by atomic mass is 16.5. The molecular formula is C30H37N3O6. The Balaban J connectivity index is 1.63. The highest BCUT2D eigenvalue weighted by Crippen LogP contribution is 2.21. The molecule has 2 aromatic carbocycles. The number of benzene rings is 2. The molecule has 0 aromatic heterocycles. The molecule has 2 N–H and O–H groups in total. The molecule has 208 valence electrons. The minimum Gasteiger partial charge on any atom is -0.494 e. The molecule has 1 fully saturated rings. The van der Waals surface area contributed by atoms with Gasteiger partial charge in [0.25, 0.3) is 0 Å². The Labute approximate surface area is 229 Å². The SMILES string of the molecule is COC(=O)C1CCCCOc2cccc(c2)C[C@H](N2CCCC2=O)C(=O)N[C@@H](CCc2ccccc2)C(=O)N1. The number of carbonyl (C=O) groups excluding carboxylic acids is 4. The van der Waals surface area contributed by atoms with E-state index in [0.717, 1.165) is 11.1 Å². The average molecular weight is 536 g/mol. The zero-order chi connectivity index (χ0) is 27.6. The Kier molecular flexibility index (Phi) is 9.94. The lowest BCUT2D eigenvalue weighted by Crippen LogP contribution is -2.56. The summed E-state index contributed by atoms with van der Waals surface area (Å²) in [7, 11) is 1.29.